The van der Waals surface area contributed by atoms with Crippen LogP contribution in [0.25, 0.3) is 0 Å². The van der Waals surface area contributed by atoms with E-state index in [9.17, 15) is 18.0 Å². The summed E-state index contributed by atoms with van der Waals surface area (Å²) < 4.78 is 39.1. The molecule has 8 nitrogen and oxygen atoms in total. The van der Waals surface area contributed by atoms with Crippen LogP contribution < -0.4 is 0 Å². The van der Waals surface area contributed by atoms with Gasteiger partial charge in [-0.1, -0.05) is 0 Å². The summed E-state index contributed by atoms with van der Waals surface area (Å²) in [6.07, 6.45) is 2.66. The summed E-state index contributed by atoms with van der Waals surface area (Å²) in [6, 6.07) is 0.397. The van der Waals surface area contributed by atoms with Gasteiger partial charge in [-0.05, 0) is 39.0 Å². The molecule has 11 heteroatoms. The molecule has 1 saturated carbocycles. The molecule has 2 saturated heterocycles. The molecule has 1 aromatic rings. The zero-order chi connectivity index (χ0) is 24.4. The van der Waals surface area contributed by atoms with Crippen LogP contribution in [-0.4, -0.2) is 89.0 Å². The molecule has 33 heavy (non-hydrogen) atoms. The topological polar surface area (TPSA) is 87.9 Å². The highest BCUT2D eigenvalue weighted by atomic mass is 19.4. The molecule has 3 heterocycles. The van der Waals surface area contributed by atoms with E-state index >= 15 is 0 Å². The van der Waals surface area contributed by atoms with Crippen molar-refractivity contribution >= 4 is 11.9 Å². The monoisotopic (exact) mass is 474 g/mol. The summed E-state index contributed by atoms with van der Waals surface area (Å²) in [6.45, 7) is 9.51. The van der Waals surface area contributed by atoms with E-state index in [1.54, 1.807) is 7.11 Å². The summed E-state index contributed by atoms with van der Waals surface area (Å²) in [5.74, 6) is -1.38. The average Bonchev–Trinajstić information content (AvgIpc) is 3.16. The molecule has 186 valence electrons. The summed E-state index contributed by atoms with van der Waals surface area (Å²) in [5.41, 5.74) is 0.803. The first kappa shape index (κ1) is 25.5. The van der Waals surface area contributed by atoms with Gasteiger partial charge in [0.1, 0.15) is 0 Å². The number of likely N-dealkylation sites (tertiary alicyclic amines) is 2. The Balaban J connectivity index is 0.000000383. The second kappa shape index (κ2) is 10.0. The van der Waals surface area contributed by atoms with Crippen molar-refractivity contribution in [1.82, 2.24) is 19.4 Å². The van der Waals surface area contributed by atoms with Gasteiger partial charge in [-0.3, -0.25) is 4.79 Å². The number of aromatic nitrogens is 2. The van der Waals surface area contributed by atoms with E-state index in [2.05, 4.69) is 29.5 Å². The Morgan fingerprint density at radius 1 is 1.36 bits per heavy atom. The van der Waals surface area contributed by atoms with Crippen molar-refractivity contribution < 1.29 is 32.6 Å². The highest BCUT2D eigenvalue weighted by Crippen LogP contribution is 2.50. The van der Waals surface area contributed by atoms with Crippen molar-refractivity contribution in [3.05, 3.63) is 18.2 Å². The van der Waals surface area contributed by atoms with Crippen LogP contribution in [0.5, 0.6) is 0 Å². The number of alkyl halides is 3. The minimum Gasteiger partial charge on any atom is -0.475 e. The largest absolute Gasteiger partial charge is 0.490 e. The van der Waals surface area contributed by atoms with Crippen molar-refractivity contribution in [3.8, 4) is 0 Å². The van der Waals surface area contributed by atoms with Crippen molar-refractivity contribution in [2.45, 2.75) is 51.2 Å². The molecule has 2 unspecified atom stereocenters. The number of aliphatic carboxylic acids is 1. The molecule has 2 atom stereocenters. The number of methoxy groups -OCH3 is 1. The molecule has 1 amide bonds. The van der Waals surface area contributed by atoms with Crippen LogP contribution in [0.2, 0.25) is 0 Å². The Labute approximate surface area is 191 Å². The Morgan fingerprint density at radius 3 is 2.55 bits per heavy atom. The van der Waals surface area contributed by atoms with E-state index in [1.807, 2.05) is 11.2 Å². The molecular weight excluding hydrogens is 441 g/mol. The molecule has 3 aliphatic rings. The standard InChI is InChI=1S/C20H32N4O2.C2HF3O2/c1-15(2)24-12-18(21-14-24)17-11-22(10-16-4-5-16)13-20(17)6-7-23(19(20)25)8-9-26-3;3-2(4,5)1(6)7/h12,14-17H,4-11,13H2,1-3H3;(H,6,7). The third-order valence-corrected chi connectivity index (χ3v) is 6.75. The lowest BCUT2D eigenvalue weighted by atomic mass is 9.75. The lowest BCUT2D eigenvalue weighted by Gasteiger charge is -2.28. The van der Waals surface area contributed by atoms with Crippen molar-refractivity contribution in [2.75, 3.05) is 46.4 Å². The zero-order valence-corrected chi connectivity index (χ0v) is 19.3. The van der Waals surface area contributed by atoms with Gasteiger partial charge in [-0.25, -0.2) is 9.78 Å². The molecule has 1 aromatic heterocycles. The maximum Gasteiger partial charge on any atom is 0.490 e. The maximum absolute atomic E-state index is 13.4. The highest BCUT2D eigenvalue weighted by Gasteiger charge is 2.57. The van der Waals surface area contributed by atoms with Crippen LogP contribution in [0.3, 0.4) is 0 Å². The first-order valence-electron chi connectivity index (χ1n) is 11.3. The minimum absolute atomic E-state index is 0.210. The van der Waals surface area contributed by atoms with Crippen molar-refractivity contribution in [3.63, 3.8) is 0 Å². The van der Waals surface area contributed by atoms with E-state index in [-0.39, 0.29) is 11.3 Å². The first-order valence-corrected chi connectivity index (χ1v) is 11.3. The van der Waals surface area contributed by atoms with E-state index in [4.69, 9.17) is 19.6 Å². The van der Waals surface area contributed by atoms with E-state index < -0.39 is 12.1 Å². The Kier molecular flexibility index (Phi) is 7.73. The molecule has 4 rings (SSSR count). The SMILES string of the molecule is COCCN1CCC2(CN(CC3CC3)CC2c2cn(C(C)C)cn2)C1=O.O=C(O)C(F)(F)F. The molecule has 2 aliphatic heterocycles. The Bertz CT molecular complexity index is 840. The Morgan fingerprint density at radius 2 is 2.03 bits per heavy atom. The lowest BCUT2D eigenvalue weighted by Crippen LogP contribution is -2.40. The van der Waals surface area contributed by atoms with Gasteiger partial charge < -0.3 is 24.2 Å². The zero-order valence-electron chi connectivity index (χ0n) is 19.3. The van der Waals surface area contributed by atoms with Gasteiger partial charge in [0.2, 0.25) is 5.91 Å². The molecule has 0 bridgehead atoms. The fraction of sp³-hybridized carbons (Fsp3) is 0.773. The molecular formula is C22H33F3N4O4. The van der Waals surface area contributed by atoms with Crippen LogP contribution in [0.1, 0.15) is 50.8 Å². The van der Waals surface area contributed by atoms with Gasteiger partial charge in [-0.2, -0.15) is 13.2 Å². The highest BCUT2D eigenvalue weighted by molar-refractivity contribution is 5.86. The number of nitrogens with zero attached hydrogens (tertiary/aromatic N) is 4. The summed E-state index contributed by atoms with van der Waals surface area (Å²) in [4.78, 5) is 31.6. The van der Waals surface area contributed by atoms with Crippen molar-refractivity contribution in [2.24, 2.45) is 11.3 Å². The number of carboxylic acid groups (broad SMARTS) is 1. The number of carbonyl (C=O) groups is 2. The number of rotatable bonds is 7. The molecule has 1 N–H and O–H groups in total. The van der Waals surface area contributed by atoms with Crippen LogP contribution in [0.15, 0.2) is 12.5 Å². The number of carboxylic acids is 1. The number of halogens is 3. The minimum atomic E-state index is -5.08. The second-order valence-corrected chi connectivity index (χ2v) is 9.52. The fourth-order valence-electron chi connectivity index (χ4n) is 4.75. The van der Waals surface area contributed by atoms with E-state index in [0.717, 1.165) is 44.2 Å². The Hall–Kier alpha value is -2.14. The van der Waals surface area contributed by atoms with Crippen molar-refractivity contribution in [1.29, 1.82) is 0 Å². The summed E-state index contributed by atoms with van der Waals surface area (Å²) in [5, 5.41) is 7.12. The lowest BCUT2D eigenvalue weighted by molar-refractivity contribution is -0.192. The number of carbonyl (C=O) groups excluding carboxylic acids is 1. The molecule has 1 spiro atoms. The summed E-state index contributed by atoms with van der Waals surface area (Å²) in [7, 11) is 1.70. The first-order chi connectivity index (χ1) is 15.5. The molecule has 0 radical (unpaired) electrons. The number of hydrogen-bond donors (Lipinski definition) is 1. The van der Waals surface area contributed by atoms with E-state index in [0.29, 0.717) is 25.1 Å². The summed E-state index contributed by atoms with van der Waals surface area (Å²) >= 11 is 0. The quantitative estimate of drug-likeness (QED) is 0.654. The normalized spacial score (nSPS) is 25.7. The van der Waals surface area contributed by atoms with Gasteiger partial charge >= 0.3 is 12.1 Å². The number of hydrogen-bond acceptors (Lipinski definition) is 5. The van der Waals surface area contributed by atoms with Gasteiger partial charge in [0.15, 0.2) is 0 Å². The molecule has 3 fully saturated rings. The van der Waals surface area contributed by atoms with Crippen LogP contribution in [0.4, 0.5) is 13.2 Å². The third kappa shape index (κ3) is 5.87. The van der Waals surface area contributed by atoms with Gasteiger partial charge in [0.05, 0.1) is 24.0 Å². The number of imidazole rings is 1. The second-order valence-electron chi connectivity index (χ2n) is 9.52. The average molecular weight is 475 g/mol. The van der Waals surface area contributed by atoms with Gasteiger partial charge in [0.25, 0.3) is 0 Å². The van der Waals surface area contributed by atoms with Gasteiger partial charge in [0, 0.05) is 58.0 Å². The smallest absolute Gasteiger partial charge is 0.475 e. The van der Waals surface area contributed by atoms with Crippen LogP contribution in [-0.2, 0) is 14.3 Å². The predicted octanol–water partition coefficient (Wildman–Crippen LogP) is 2.77. The maximum atomic E-state index is 13.4. The molecule has 1 aliphatic carbocycles. The number of amides is 1. The number of ether oxygens (including phenoxy) is 1. The molecule has 0 aromatic carbocycles. The predicted molar refractivity (Wildman–Crippen MR) is 114 cm³/mol. The van der Waals surface area contributed by atoms with E-state index in [1.165, 1.54) is 12.8 Å². The van der Waals surface area contributed by atoms with Crippen LogP contribution >= 0.6 is 0 Å². The van der Waals surface area contributed by atoms with Gasteiger partial charge in [-0.15, -0.1) is 0 Å². The van der Waals surface area contributed by atoms with Crippen LogP contribution in [0, 0.1) is 11.3 Å². The fourth-order valence-corrected chi connectivity index (χ4v) is 4.75. The third-order valence-electron chi connectivity index (χ3n) is 6.75.